The molecule has 9 amide bonds. The van der Waals surface area contributed by atoms with E-state index in [0.717, 1.165) is 44.8 Å². The van der Waals surface area contributed by atoms with Crippen LogP contribution in [0.2, 0.25) is 0 Å². The third kappa shape index (κ3) is 13.8. The lowest BCUT2D eigenvalue weighted by molar-refractivity contribution is -0.137. The minimum atomic E-state index is -0.993. The van der Waals surface area contributed by atoms with Gasteiger partial charge in [0, 0.05) is 122 Å². The number of likely N-dealkylation sites (N-methyl/N-ethyl adjacent to an activating group) is 1. The van der Waals surface area contributed by atoms with Gasteiger partial charge in [0.1, 0.15) is 30.0 Å². The van der Waals surface area contributed by atoms with Gasteiger partial charge in [0.2, 0.25) is 23.6 Å². The van der Waals surface area contributed by atoms with Crippen molar-refractivity contribution in [3.05, 3.63) is 148 Å². The number of aromatic nitrogens is 1. The van der Waals surface area contributed by atoms with E-state index in [1.807, 2.05) is 49.7 Å². The third-order valence-electron chi connectivity index (χ3n) is 16.0. The first-order chi connectivity index (χ1) is 41.4. The fourth-order valence-electron chi connectivity index (χ4n) is 11.4. The van der Waals surface area contributed by atoms with Crippen LogP contribution in [0, 0.1) is 6.92 Å². The summed E-state index contributed by atoms with van der Waals surface area (Å²) in [6.45, 7) is 11.1. The lowest BCUT2D eigenvalue weighted by atomic mass is 9.97. The minimum absolute atomic E-state index is 0.113. The quantitative estimate of drug-likeness (QED) is 0.0304. The van der Waals surface area contributed by atoms with Crippen LogP contribution in [-0.2, 0) is 40.0 Å². The highest BCUT2D eigenvalue weighted by molar-refractivity contribution is 7.17. The van der Waals surface area contributed by atoms with Crippen molar-refractivity contribution >= 4 is 109 Å². The molecule has 3 aromatic carbocycles. The third-order valence-corrected chi connectivity index (χ3v) is 17.4. The van der Waals surface area contributed by atoms with Gasteiger partial charge in [-0.15, -0.1) is 22.9 Å². The van der Waals surface area contributed by atoms with Gasteiger partial charge in [-0.25, -0.2) is 4.79 Å². The number of amides is 9. The molecule has 5 aliphatic rings. The number of unbranched alkanes of at least 4 members (excludes halogenated alkanes) is 2. The molecule has 10 rings (SSSR count). The predicted molar refractivity (Wildman–Crippen MR) is 328 cm³/mol. The van der Waals surface area contributed by atoms with E-state index in [1.54, 1.807) is 71.4 Å². The number of allylic oxidation sites excluding steroid dienone is 4. The van der Waals surface area contributed by atoms with Crippen LogP contribution in [0.5, 0.6) is 5.75 Å². The maximum absolute atomic E-state index is 14.6. The second kappa shape index (κ2) is 26.6. The van der Waals surface area contributed by atoms with Gasteiger partial charge in [-0.05, 0) is 110 Å². The van der Waals surface area contributed by atoms with Crippen LogP contribution in [0.4, 0.5) is 16.2 Å². The summed E-state index contributed by atoms with van der Waals surface area (Å²) in [6.07, 6.45) is 10.9. The molecule has 5 aromatic rings. The molecule has 6 N–H and O–H groups in total. The summed E-state index contributed by atoms with van der Waals surface area (Å²) < 4.78 is 6.92. The number of nitrogens with one attached hydrogen (secondary N) is 6. The number of aromatic amines is 1. The number of aryl methyl sites for hydroxylation is 1. The SMILES string of the molecule is C=C1/C=C(/C(=O)N2C[C@@H](CCl)c3c2cc(OC(=O)N2CCN(C)CC2)c2scc(C)c32)NC/C=C\C(NC(=O)c2cc3cc(NC(=O)CN4C(=O)C(NC(=O)[C@H](Cc5ccccc5)NC(=O)CCCCCN5C(=O)C=CC5=O)CC4C)ccc3[nH]2)=C/1. The molecular formula is C63H68ClN11O10S. The Morgan fingerprint density at radius 2 is 1.66 bits per heavy atom. The number of benzene rings is 3. The van der Waals surface area contributed by atoms with Crippen LogP contribution in [0.3, 0.4) is 0 Å². The molecule has 2 saturated heterocycles. The largest absolute Gasteiger partial charge is 0.415 e. The van der Waals surface area contributed by atoms with Crippen molar-refractivity contribution < 1.29 is 47.9 Å². The van der Waals surface area contributed by atoms with Crippen LogP contribution in [0.15, 0.2) is 126 Å². The first-order valence-electron chi connectivity index (χ1n) is 28.7. The van der Waals surface area contributed by atoms with Gasteiger partial charge < -0.3 is 55.9 Å². The number of ether oxygens (including phenoxy) is 1. The number of carbonyl (C=O) groups excluding carboxylic acids is 9. The first-order valence-corrected chi connectivity index (χ1v) is 30.1. The Kier molecular flexibility index (Phi) is 18.6. The summed E-state index contributed by atoms with van der Waals surface area (Å²) in [5, 5.41) is 18.2. The Labute approximate surface area is 506 Å². The summed E-state index contributed by atoms with van der Waals surface area (Å²) in [5.41, 5.74) is 5.71. The van der Waals surface area contributed by atoms with E-state index in [2.05, 4.69) is 43.0 Å². The topological polar surface area (TPSA) is 255 Å². The zero-order valence-corrected chi connectivity index (χ0v) is 49.6. The Bertz CT molecular complexity index is 3660. The van der Waals surface area contributed by atoms with Crippen molar-refractivity contribution in [3.63, 3.8) is 0 Å². The molecule has 21 nitrogen and oxygen atoms in total. The highest BCUT2D eigenvalue weighted by Crippen LogP contribution is 2.49. The molecule has 0 bridgehead atoms. The highest BCUT2D eigenvalue weighted by atomic mass is 35.5. The molecule has 4 atom stereocenters. The van der Waals surface area contributed by atoms with E-state index in [0.29, 0.717) is 78.2 Å². The number of piperazine rings is 1. The number of fused-ring (bicyclic) bond motifs is 4. The van der Waals surface area contributed by atoms with Crippen LogP contribution in [0.25, 0.3) is 21.0 Å². The molecule has 448 valence electrons. The molecule has 2 unspecified atom stereocenters. The number of carbonyl (C=O) groups is 9. The van der Waals surface area contributed by atoms with Gasteiger partial charge in [0.15, 0.2) is 5.75 Å². The lowest BCUT2D eigenvalue weighted by Crippen LogP contribution is -2.52. The van der Waals surface area contributed by atoms with Crippen molar-refractivity contribution in [3.8, 4) is 5.75 Å². The highest BCUT2D eigenvalue weighted by Gasteiger charge is 2.41. The molecule has 23 heteroatoms. The number of anilines is 2. The molecule has 0 radical (unpaired) electrons. The number of likely N-dealkylation sites (tertiary alicyclic amines) is 1. The smallest absolute Gasteiger partial charge is 0.409 e. The zero-order valence-electron chi connectivity index (χ0n) is 48.0. The normalized spacial score (nSPS) is 20.8. The van der Waals surface area contributed by atoms with E-state index in [9.17, 15) is 43.2 Å². The van der Waals surface area contributed by atoms with Gasteiger partial charge in [0.25, 0.3) is 23.6 Å². The first kappa shape index (κ1) is 60.3. The van der Waals surface area contributed by atoms with Crippen LogP contribution >= 0.6 is 22.9 Å². The van der Waals surface area contributed by atoms with E-state index in [1.165, 1.54) is 28.4 Å². The van der Waals surface area contributed by atoms with E-state index < -0.39 is 47.8 Å². The molecular weight excluding hydrogens is 1140 g/mol. The van der Waals surface area contributed by atoms with Gasteiger partial charge >= 0.3 is 6.09 Å². The second-order valence-electron chi connectivity index (χ2n) is 22.3. The Hall–Kier alpha value is -8.86. The summed E-state index contributed by atoms with van der Waals surface area (Å²) in [5.74, 6) is -2.85. The van der Waals surface area contributed by atoms with E-state index >= 15 is 0 Å². The lowest BCUT2D eigenvalue weighted by Gasteiger charge is -2.31. The number of hydrogen-bond acceptors (Lipinski definition) is 13. The van der Waals surface area contributed by atoms with Crippen LogP contribution < -0.4 is 36.2 Å². The summed E-state index contributed by atoms with van der Waals surface area (Å²) in [4.78, 5) is 131. The van der Waals surface area contributed by atoms with Crippen LogP contribution in [0.1, 0.15) is 72.1 Å². The Balaban J connectivity index is 0.737. The molecule has 0 aliphatic carbocycles. The Morgan fingerprint density at radius 1 is 0.895 bits per heavy atom. The monoisotopic (exact) mass is 1210 g/mol. The fourth-order valence-corrected chi connectivity index (χ4v) is 12.7. The fraction of sp³-hybridized carbons (Fsp3) is 0.349. The number of halogens is 1. The van der Waals surface area contributed by atoms with Crippen molar-refractivity contribution in [1.82, 2.24) is 45.9 Å². The van der Waals surface area contributed by atoms with Gasteiger partial charge in [-0.3, -0.25) is 43.3 Å². The summed E-state index contributed by atoms with van der Waals surface area (Å²) in [7, 11) is 2.01. The average molecular weight is 1210 g/mol. The van der Waals surface area contributed by atoms with Crippen molar-refractivity contribution in [2.45, 2.75) is 76.4 Å². The Morgan fingerprint density at radius 3 is 2.42 bits per heavy atom. The predicted octanol–water partition coefficient (Wildman–Crippen LogP) is 6.28. The number of H-pyrrole nitrogens is 1. The number of hydrogen-bond donors (Lipinski definition) is 6. The van der Waals surface area contributed by atoms with Crippen LogP contribution in [-0.4, -0.2) is 161 Å². The summed E-state index contributed by atoms with van der Waals surface area (Å²) in [6, 6.07) is 15.4. The maximum Gasteiger partial charge on any atom is 0.415 e. The average Bonchev–Trinajstić information content (AvgIpc) is 1.63. The van der Waals surface area contributed by atoms with Crippen molar-refractivity contribution in [1.29, 1.82) is 0 Å². The number of alkyl halides is 1. The maximum atomic E-state index is 14.6. The molecule has 86 heavy (non-hydrogen) atoms. The van der Waals surface area contributed by atoms with Gasteiger partial charge in [-0.2, -0.15) is 0 Å². The second-order valence-corrected chi connectivity index (χ2v) is 23.4. The number of thiophene rings is 1. The van der Waals surface area contributed by atoms with E-state index in [-0.39, 0.29) is 85.7 Å². The molecule has 0 spiro atoms. The summed E-state index contributed by atoms with van der Waals surface area (Å²) >= 11 is 8.10. The van der Waals surface area contributed by atoms with Crippen molar-refractivity contribution in [2.24, 2.45) is 0 Å². The number of imide groups is 1. The standard InChI is InChI=1S/C63H68ClN11O10S/c1-37-26-43(14-11-20-65-48(27-37)61(82)75-34-42(33-64)57-50(75)32-51(58-56(57)38(2)36-86-58)85-63(84)72-24-22-71(4)23-25-72)67-59(80)47-31-41-30-44(16-17-45(41)68-47)66-53(77)35-74-39(3)28-49(62(74)83)70-60(81)46(29-40-12-7-5-8-13-40)69-52(76)15-9-6-10-21-73-54(78)18-19-55(73)79/h5,7-8,11-14,16-19,26-27,30-32,36,39,42,46,49,65,68H,1,6,9-10,15,20-25,28-29,33-35H2,2-4H3,(H,66,77)(H,67,80)(H,69,76)(H,70,81)/b14-11-,43-26+,48-27-/t39?,42-,46+,49?/m1/s1. The zero-order chi connectivity index (χ0) is 60.8. The van der Waals surface area contributed by atoms with E-state index in [4.69, 9.17) is 16.3 Å². The number of nitrogens with zero attached hydrogens (tertiary/aromatic N) is 5. The molecule has 2 fully saturated rings. The molecule has 7 heterocycles. The van der Waals surface area contributed by atoms with Gasteiger partial charge in [0.05, 0.1) is 10.4 Å². The minimum Gasteiger partial charge on any atom is -0.409 e. The molecule has 0 saturated carbocycles. The van der Waals surface area contributed by atoms with Crippen molar-refractivity contribution in [2.75, 3.05) is 75.5 Å². The number of rotatable bonds is 19. The molecule has 2 aromatic heterocycles. The molecule has 5 aliphatic heterocycles. The van der Waals surface area contributed by atoms with Gasteiger partial charge in [-0.1, -0.05) is 49.4 Å².